The Morgan fingerprint density at radius 3 is 2.82 bits per heavy atom. The fourth-order valence-electron chi connectivity index (χ4n) is 2.63. The van der Waals surface area contributed by atoms with Gasteiger partial charge in [-0.05, 0) is 41.9 Å². The minimum absolute atomic E-state index is 0.273. The maximum Gasteiger partial charge on any atom is 0.276 e. The first-order valence-corrected chi connectivity index (χ1v) is 9.30. The number of halogens is 2. The molecule has 0 saturated carbocycles. The van der Waals surface area contributed by atoms with E-state index < -0.39 is 11.7 Å². The molecule has 0 saturated heterocycles. The molecule has 0 radical (unpaired) electrons. The summed E-state index contributed by atoms with van der Waals surface area (Å²) in [6, 6.07) is 12.9. The van der Waals surface area contributed by atoms with Gasteiger partial charge in [0.25, 0.3) is 5.91 Å². The minimum atomic E-state index is -0.457. The first-order chi connectivity index (χ1) is 13.5. The van der Waals surface area contributed by atoms with Gasteiger partial charge in [0, 0.05) is 5.39 Å². The summed E-state index contributed by atoms with van der Waals surface area (Å²) in [5.74, 6) is -0.588. The highest BCUT2D eigenvalue weighted by molar-refractivity contribution is 7.13. The molecule has 2 aromatic carbocycles. The fourth-order valence-corrected chi connectivity index (χ4v) is 3.57. The van der Waals surface area contributed by atoms with Gasteiger partial charge in [0.15, 0.2) is 5.82 Å². The Bertz CT molecular complexity index is 1200. The second-order valence-electron chi connectivity index (χ2n) is 5.90. The van der Waals surface area contributed by atoms with Gasteiger partial charge < -0.3 is 16.4 Å². The van der Waals surface area contributed by atoms with E-state index in [0.717, 1.165) is 10.1 Å². The molecule has 0 fully saturated rings. The molecular formula is C19H13ClFN5OS. The molecule has 1 amide bonds. The van der Waals surface area contributed by atoms with Crippen LogP contribution in [-0.2, 0) is 0 Å². The molecule has 0 aliphatic heterocycles. The molecule has 9 heteroatoms. The second-order valence-corrected chi connectivity index (χ2v) is 7.11. The Balaban J connectivity index is 1.67. The summed E-state index contributed by atoms with van der Waals surface area (Å²) in [5.41, 5.74) is 7.11. The van der Waals surface area contributed by atoms with E-state index in [1.165, 1.54) is 35.9 Å². The van der Waals surface area contributed by atoms with Crippen LogP contribution in [0.3, 0.4) is 0 Å². The van der Waals surface area contributed by atoms with E-state index in [0.29, 0.717) is 27.8 Å². The number of rotatable bonds is 4. The SMILES string of the molecule is Nc1cnc(Nc2cc(F)ccc2Cl)c(NC(=O)c2nsc3ccccc23)c1. The number of hydrogen-bond donors (Lipinski definition) is 3. The number of nitrogens with one attached hydrogen (secondary N) is 2. The summed E-state index contributed by atoms with van der Waals surface area (Å²) in [4.78, 5) is 17.0. The van der Waals surface area contributed by atoms with Gasteiger partial charge in [0.05, 0.1) is 33.0 Å². The number of benzene rings is 2. The predicted octanol–water partition coefficient (Wildman–Crippen LogP) is 5.06. The highest BCUT2D eigenvalue weighted by atomic mass is 35.5. The topological polar surface area (TPSA) is 92.9 Å². The van der Waals surface area contributed by atoms with Crippen LogP contribution in [-0.4, -0.2) is 15.3 Å². The lowest BCUT2D eigenvalue weighted by atomic mass is 10.2. The van der Waals surface area contributed by atoms with E-state index in [-0.39, 0.29) is 5.82 Å². The van der Waals surface area contributed by atoms with Crippen molar-refractivity contribution in [3.05, 3.63) is 71.3 Å². The molecule has 4 rings (SSSR count). The molecule has 0 bridgehead atoms. The largest absolute Gasteiger partial charge is 0.397 e. The summed E-state index contributed by atoms with van der Waals surface area (Å²) in [6.45, 7) is 0. The standard InChI is InChI=1S/C19H13ClFN5OS/c20-13-6-5-10(21)7-14(13)24-18-15(8-11(22)9-23-18)25-19(27)17-12-3-1-2-4-16(12)28-26-17/h1-9H,22H2,(H,23,24)(H,25,27). The lowest BCUT2D eigenvalue weighted by Gasteiger charge is -2.13. The van der Waals surface area contributed by atoms with Gasteiger partial charge in [0.1, 0.15) is 11.5 Å². The number of carbonyl (C=O) groups is 1. The van der Waals surface area contributed by atoms with Crippen molar-refractivity contribution in [2.45, 2.75) is 0 Å². The first-order valence-electron chi connectivity index (χ1n) is 8.14. The zero-order valence-electron chi connectivity index (χ0n) is 14.2. The zero-order chi connectivity index (χ0) is 19.7. The normalized spacial score (nSPS) is 10.8. The molecule has 0 atom stereocenters. The number of amides is 1. The summed E-state index contributed by atoms with van der Waals surface area (Å²) >= 11 is 7.34. The third kappa shape index (κ3) is 3.60. The van der Waals surface area contributed by atoms with Crippen molar-refractivity contribution in [3.63, 3.8) is 0 Å². The van der Waals surface area contributed by atoms with Gasteiger partial charge in [-0.1, -0.05) is 29.8 Å². The molecular weight excluding hydrogens is 401 g/mol. The fraction of sp³-hybridized carbons (Fsp3) is 0. The maximum atomic E-state index is 13.5. The Morgan fingerprint density at radius 1 is 1.14 bits per heavy atom. The van der Waals surface area contributed by atoms with Crippen LogP contribution in [0.1, 0.15) is 10.5 Å². The van der Waals surface area contributed by atoms with Gasteiger partial charge in [-0.2, -0.15) is 4.37 Å². The van der Waals surface area contributed by atoms with Crippen LogP contribution in [0.25, 0.3) is 10.1 Å². The lowest BCUT2D eigenvalue weighted by molar-refractivity contribution is 0.102. The molecule has 2 heterocycles. The van der Waals surface area contributed by atoms with Crippen LogP contribution in [0.5, 0.6) is 0 Å². The van der Waals surface area contributed by atoms with Crippen LogP contribution in [0.2, 0.25) is 5.02 Å². The van der Waals surface area contributed by atoms with E-state index >= 15 is 0 Å². The van der Waals surface area contributed by atoms with Crippen LogP contribution in [0.15, 0.2) is 54.7 Å². The van der Waals surface area contributed by atoms with Crippen molar-refractivity contribution < 1.29 is 9.18 Å². The van der Waals surface area contributed by atoms with E-state index in [2.05, 4.69) is 20.0 Å². The van der Waals surface area contributed by atoms with Crippen LogP contribution in [0.4, 0.5) is 27.3 Å². The Labute approximate surface area is 168 Å². The van der Waals surface area contributed by atoms with E-state index in [9.17, 15) is 9.18 Å². The average Bonchev–Trinajstić information content (AvgIpc) is 3.11. The second kappa shape index (κ2) is 7.41. The zero-order valence-corrected chi connectivity index (χ0v) is 15.8. The number of nitrogens with two attached hydrogens (primary N) is 1. The van der Waals surface area contributed by atoms with Gasteiger partial charge in [0.2, 0.25) is 0 Å². The van der Waals surface area contributed by atoms with Gasteiger partial charge >= 0.3 is 0 Å². The summed E-state index contributed by atoms with van der Waals surface area (Å²) in [7, 11) is 0. The molecule has 28 heavy (non-hydrogen) atoms. The van der Waals surface area contributed by atoms with Crippen LogP contribution in [0, 0.1) is 5.82 Å². The number of hydrogen-bond acceptors (Lipinski definition) is 6. The Hall–Kier alpha value is -3.23. The molecule has 4 N–H and O–H groups in total. The number of fused-ring (bicyclic) bond motifs is 1. The molecule has 6 nitrogen and oxygen atoms in total. The summed E-state index contributed by atoms with van der Waals surface area (Å²) in [5, 5.41) is 6.75. The van der Waals surface area contributed by atoms with E-state index in [1.807, 2.05) is 24.3 Å². The van der Waals surface area contributed by atoms with Crippen molar-refractivity contribution in [2.75, 3.05) is 16.4 Å². The molecule has 0 aliphatic carbocycles. The number of nitrogen functional groups attached to an aromatic ring is 1. The molecule has 0 spiro atoms. The van der Waals surface area contributed by atoms with Crippen molar-refractivity contribution in [1.82, 2.24) is 9.36 Å². The molecule has 0 unspecified atom stereocenters. The third-order valence-electron chi connectivity index (χ3n) is 3.93. The number of aromatic nitrogens is 2. The van der Waals surface area contributed by atoms with E-state index in [1.54, 1.807) is 6.07 Å². The van der Waals surface area contributed by atoms with Crippen LogP contribution >= 0.6 is 23.1 Å². The quantitative estimate of drug-likeness (QED) is 0.434. The average molecular weight is 414 g/mol. The smallest absolute Gasteiger partial charge is 0.276 e. The number of carbonyl (C=O) groups excluding carboxylic acids is 1. The highest BCUT2D eigenvalue weighted by Crippen LogP contribution is 2.31. The monoisotopic (exact) mass is 413 g/mol. The van der Waals surface area contributed by atoms with Gasteiger partial charge in [-0.25, -0.2) is 9.37 Å². The summed E-state index contributed by atoms with van der Waals surface area (Å²) < 4.78 is 18.7. The summed E-state index contributed by atoms with van der Waals surface area (Å²) in [6.07, 6.45) is 1.42. The van der Waals surface area contributed by atoms with Crippen molar-refractivity contribution in [1.29, 1.82) is 0 Å². The van der Waals surface area contributed by atoms with Crippen molar-refractivity contribution in [2.24, 2.45) is 0 Å². The number of nitrogens with zero attached hydrogens (tertiary/aromatic N) is 2. The molecule has 0 aliphatic rings. The molecule has 2 aromatic heterocycles. The third-order valence-corrected chi connectivity index (χ3v) is 5.09. The predicted molar refractivity (Wildman–Crippen MR) is 111 cm³/mol. The van der Waals surface area contributed by atoms with Crippen molar-refractivity contribution in [3.8, 4) is 0 Å². The van der Waals surface area contributed by atoms with Crippen LogP contribution < -0.4 is 16.4 Å². The molecule has 140 valence electrons. The molecule has 4 aromatic rings. The Kier molecular flexibility index (Phi) is 4.81. The number of anilines is 4. The van der Waals surface area contributed by atoms with Gasteiger partial charge in [-0.15, -0.1) is 0 Å². The lowest BCUT2D eigenvalue weighted by Crippen LogP contribution is -2.14. The van der Waals surface area contributed by atoms with Crippen molar-refractivity contribution >= 4 is 62.0 Å². The van der Waals surface area contributed by atoms with E-state index in [4.69, 9.17) is 17.3 Å². The maximum absolute atomic E-state index is 13.5. The first kappa shape index (κ1) is 18.1. The van der Waals surface area contributed by atoms with Gasteiger partial charge in [-0.3, -0.25) is 4.79 Å². The number of pyridine rings is 1. The Morgan fingerprint density at radius 2 is 1.96 bits per heavy atom. The minimum Gasteiger partial charge on any atom is -0.397 e. The highest BCUT2D eigenvalue weighted by Gasteiger charge is 2.17.